The molecule has 1 saturated heterocycles. The van der Waals surface area contributed by atoms with Crippen molar-refractivity contribution in [3.05, 3.63) is 118 Å². The van der Waals surface area contributed by atoms with E-state index in [0.29, 0.717) is 24.5 Å². The number of para-hydroxylation sites is 1. The number of nitrogens with one attached hydrogen (secondary N) is 1. The van der Waals surface area contributed by atoms with Gasteiger partial charge in [0.2, 0.25) is 5.91 Å². The molecule has 10 heteroatoms. The number of ether oxygens (including phenoxy) is 3. The highest BCUT2D eigenvalue weighted by Gasteiger charge is 2.54. The molecule has 2 aliphatic heterocycles. The van der Waals surface area contributed by atoms with Crippen molar-refractivity contribution in [2.45, 2.75) is 103 Å². The van der Waals surface area contributed by atoms with Crippen LogP contribution in [0.2, 0.25) is 5.02 Å². The Bertz CT molecular complexity index is 1920. The zero-order valence-corrected chi connectivity index (χ0v) is 32.3. The topological polar surface area (TPSA) is 110 Å². The van der Waals surface area contributed by atoms with Gasteiger partial charge in [-0.15, -0.1) is 0 Å². The van der Waals surface area contributed by atoms with Crippen LogP contribution in [0.1, 0.15) is 75.2 Å². The summed E-state index contributed by atoms with van der Waals surface area (Å²) >= 11 is 6.41. The molecule has 3 heterocycles. The number of pyridine rings is 1. The average molecular weight is 740 g/mol. The molecule has 1 fully saturated rings. The Morgan fingerprint density at radius 2 is 1.66 bits per heavy atom. The number of amides is 2. The average Bonchev–Trinajstić information content (AvgIpc) is 3.36. The SMILES string of the molecule is Cc1cc(-c2ccc(C[C@H](NC(=O)OC(C)(C)C)[C@@H](O)C[C@@H](Cc3cccc(Cl)c3)C(=O)N3[C@H]4c5ccccc5OC[C@H]4OC3(C)C)cc2)cc(C)n1. The highest BCUT2D eigenvalue weighted by Crippen LogP contribution is 2.48. The summed E-state index contributed by atoms with van der Waals surface area (Å²) in [6, 6.07) is 26.2. The largest absolute Gasteiger partial charge is 0.490 e. The molecule has 0 aliphatic carbocycles. The number of hydrogen-bond donors (Lipinski definition) is 2. The van der Waals surface area contributed by atoms with Crippen molar-refractivity contribution < 1.29 is 28.9 Å². The van der Waals surface area contributed by atoms with Gasteiger partial charge in [-0.25, -0.2) is 4.79 Å². The maximum absolute atomic E-state index is 15.0. The lowest BCUT2D eigenvalue weighted by molar-refractivity contribution is -0.153. The van der Waals surface area contributed by atoms with Crippen molar-refractivity contribution in [1.82, 2.24) is 15.2 Å². The van der Waals surface area contributed by atoms with Crippen molar-refractivity contribution in [1.29, 1.82) is 0 Å². The number of alkyl carbamates (subject to hydrolysis) is 1. The Hall–Kier alpha value is -4.44. The number of halogens is 1. The van der Waals surface area contributed by atoms with Crippen molar-refractivity contribution in [2.75, 3.05) is 6.61 Å². The fourth-order valence-electron chi connectivity index (χ4n) is 7.59. The van der Waals surface area contributed by atoms with Crippen molar-refractivity contribution in [3.8, 4) is 16.9 Å². The summed E-state index contributed by atoms with van der Waals surface area (Å²) in [7, 11) is 0. The molecule has 53 heavy (non-hydrogen) atoms. The van der Waals surface area contributed by atoms with Gasteiger partial charge in [-0.3, -0.25) is 9.78 Å². The summed E-state index contributed by atoms with van der Waals surface area (Å²) in [5.74, 6) is -0.133. The number of hydrogen-bond acceptors (Lipinski definition) is 7. The molecule has 2 N–H and O–H groups in total. The van der Waals surface area contributed by atoms with E-state index in [1.54, 1.807) is 26.8 Å². The molecule has 2 aliphatic rings. The summed E-state index contributed by atoms with van der Waals surface area (Å²) in [6.07, 6.45) is -1.44. The van der Waals surface area contributed by atoms with Crippen molar-refractivity contribution >= 4 is 23.6 Å². The minimum Gasteiger partial charge on any atom is -0.490 e. The van der Waals surface area contributed by atoms with Crippen LogP contribution < -0.4 is 10.1 Å². The standard InChI is InChI=1S/C43H50ClN3O6/c1-26-19-31(20-27(2)45-26)30-17-15-28(16-18-30)23-35(46-41(50)53-42(3,4)5)36(48)24-32(21-29-11-10-12-33(44)22-29)40(49)47-39-34-13-8-9-14-37(34)51-25-38(39)52-43(47,6)7/h8-20,22,32,35-36,38-39,48H,21,23-25H2,1-7H3,(H,46,50)/t32-,35+,36+,38-,39+/m1/s1. The number of aliphatic hydroxyl groups is 1. The van der Waals surface area contributed by atoms with E-state index in [9.17, 15) is 9.90 Å². The number of fused-ring (bicyclic) bond motifs is 3. The molecule has 0 spiro atoms. The molecule has 3 aromatic carbocycles. The number of carbonyl (C=O) groups is 2. The number of rotatable bonds is 10. The van der Waals surface area contributed by atoms with Crippen LogP contribution in [0, 0.1) is 19.8 Å². The molecular formula is C43H50ClN3O6. The Labute approximate surface area is 317 Å². The Balaban J connectivity index is 1.31. The van der Waals surface area contributed by atoms with Gasteiger partial charge in [0.1, 0.15) is 29.8 Å². The van der Waals surface area contributed by atoms with Crippen molar-refractivity contribution in [3.63, 3.8) is 0 Å². The van der Waals surface area contributed by atoms with Crippen LogP contribution in [0.3, 0.4) is 0 Å². The predicted molar refractivity (Wildman–Crippen MR) is 206 cm³/mol. The van der Waals surface area contributed by atoms with E-state index in [-0.39, 0.29) is 24.5 Å². The number of nitrogens with zero attached hydrogens (tertiary/aromatic N) is 2. The molecule has 2 amide bonds. The molecule has 6 rings (SSSR count). The second kappa shape index (κ2) is 15.5. The third-order valence-electron chi connectivity index (χ3n) is 9.77. The highest BCUT2D eigenvalue weighted by molar-refractivity contribution is 6.30. The Morgan fingerprint density at radius 3 is 2.34 bits per heavy atom. The third kappa shape index (κ3) is 9.21. The van der Waals surface area contributed by atoms with E-state index >= 15 is 4.79 Å². The fraction of sp³-hybridized carbons (Fsp3) is 0.419. The van der Waals surface area contributed by atoms with Gasteiger partial charge in [0.25, 0.3) is 0 Å². The number of benzene rings is 3. The smallest absolute Gasteiger partial charge is 0.407 e. The van der Waals surface area contributed by atoms with Crippen LogP contribution in [0.4, 0.5) is 4.79 Å². The molecule has 0 unspecified atom stereocenters. The quantitative estimate of drug-likeness (QED) is 0.169. The summed E-state index contributed by atoms with van der Waals surface area (Å²) in [5.41, 5.74) is 4.94. The van der Waals surface area contributed by atoms with Crippen LogP contribution in [0.5, 0.6) is 5.75 Å². The molecule has 1 aromatic heterocycles. The highest BCUT2D eigenvalue weighted by atomic mass is 35.5. The Morgan fingerprint density at radius 1 is 0.962 bits per heavy atom. The third-order valence-corrected chi connectivity index (χ3v) is 10.0. The second-order valence-corrected chi connectivity index (χ2v) is 16.2. The molecular weight excluding hydrogens is 690 g/mol. The van der Waals surface area contributed by atoms with Gasteiger partial charge in [0.15, 0.2) is 0 Å². The first-order chi connectivity index (χ1) is 25.1. The zero-order valence-electron chi connectivity index (χ0n) is 31.6. The summed E-state index contributed by atoms with van der Waals surface area (Å²) in [5, 5.41) is 15.6. The van der Waals surface area contributed by atoms with E-state index in [4.69, 9.17) is 25.8 Å². The second-order valence-electron chi connectivity index (χ2n) is 15.7. The summed E-state index contributed by atoms with van der Waals surface area (Å²) < 4.78 is 18.1. The van der Waals surface area contributed by atoms with Gasteiger partial charge >= 0.3 is 6.09 Å². The number of aromatic nitrogens is 1. The first-order valence-corrected chi connectivity index (χ1v) is 18.6. The maximum atomic E-state index is 15.0. The van der Waals surface area contributed by atoms with Gasteiger partial charge < -0.3 is 29.5 Å². The van der Waals surface area contributed by atoms with E-state index < -0.39 is 35.5 Å². The predicted octanol–water partition coefficient (Wildman–Crippen LogP) is 8.16. The van der Waals surface area contributed by atoms with Crippen LogP contribution in [-0.2, 0) is 27.1 Å². The lowest BCUT2D eigenvalue weighted by Crippen LogP contribution is -2.51. The van der Waals surface area contributed by atoms with Crippen LogP contribution >= 0.6 is 11.6 Å². The van der Waals surface area contributed by atoms with E-state index in [0.717, 1.165) is 45.0 Å². The van der Waals surface area contributed by atoms with Crippen LogP contribution in [0.15, 0.2) is 84.9 Å². The van der Waals surface area contributed by atoms with Crippen molar-refractivity contribution in [2.24, 2.45) is 5.92 Å². The summed E-state index contributed by atoms with van der Waals surface area (Å²) in [6.45, 7) is 13.4. The first kappa shape index (κ1) is 38.3. The summed E-state index contributed by atoms with van der Waals surface area (Å²) in [4.78, 5) is 34.5. The molecule has 4 aromatic rings. The molecule has 5 atom stereocenters. The minimum atomic E-state index is -1.12. The fourth-order valence-corrected chi connectivity index (χ4v) is 7.80. The monoisotopic (exact) mass is 739 g/mol. The maximum Gasteiger partial charge on any atom is 0.407 e. The van der Waals surface area contributed by atoms with Crippen LogP contribution in [0.25, 0.3) is 11.1 Å². The van der Waals surface area contributed by atoms with Gasteiger partial charge in [-0.2, -0.15) is 0 Å². The lowest BCUT2D eigenvalue weighted by Gasteiger charge is -2.38. The number of aryl methyl sites for hydroxylation is 2. The molecule has 280 valence electrons. The van der Waals surface area contributed by atoms with E-state index in [1.165, 1.54) is 0 Å². The number of carbonyl (C=O) groups excluding carboxylic acids is 2. The van der Waals surface area contributed by atoms with E-state index in [2.05, 4.69) is 10.3 Å². The van der Waals surface area contributed by atoms with Gasteiger partial charge in [0, 0.05) is 27.9 Å². The van der Waals surface area contributed by atoms with Gasteiger partial charge in [-0.05, 0) is 120 Å². The molecule has 0 saturated carbocycles. The normalized spacial score (nSPS) is 19.3. The van der Waals surface area contributed by atoms with Crippen LogP contribution in [-0.4, -0.2) is 63.2 Å². The Kier molecular flexibility index (Phi) is 11.2. The van der Waals surface area contributed by atoms with Gasteiger partial charge in [0.05, 0.1) is 18.2 Å². The lowest BCUT2D eigenvalue weighted by atomic mass is 9.86. The molecule has 0 bridgehead atoms. The minimum absolute atomic E-state index is 0.0571. The van der Waals surface area contributed by atoms with Gasteiger partial charge in [-0.1, -0.05) is 66.2 Å². The molecule has 9 nitrogen and oxygen atoms in total. The first-order valence-electron chi connectivity index (χ1n) is 18.3. The molecule has 0 radical (unpaired) electrons. The zero-order chi connectivity index (χ0) is 38.1. The number of aliphatic hydroxyl groups excluding tert-OH is 1. The van der Waals surface area contributed by atoms with E-state index in [1.807, 2.05) is 111 Å².